The van der Waals surface area contributed by atoms with Gasteiger partial charge in [-0.25, -0.2) is 0 Å². The number of carbonyl (C=O) groups is 1. The molecule has 36 heavy (non-hydrogen) atoms. The van der Waals surface area contributed by atoms with Crippen LogP contribution in [0.1, 0.15) is 101 Å². The number of amidine groups is 1. The number of hydrogen-bond acceptors (Lipinski definition) is 2. The highest BCUT2D eigenvalue weighted by Crippen LogP contribution is 2.57. The van der Waals surface area contributed by atoms with Crippen LogP contribution in [-0.2, 0) is 4.79 Å². The molecule has 1 heterocycles. The van der Waals surface area contributed by atoms with Crippen LogP contribution in [-0.4, -0.2) is 34.5 Å². The van der Waals surface area contributed by atoms with Gasteiger partial charge in [-0.1, -0.05) is 107 Å². The Morgan fingerprint density at radius 1 is 0.722 bits per heavy atom. The van der Waals surface area contributed by atoms with E-state index in [4.69, 9.17) is 4.99 Å². The molecule has 3 nitrogen and oxygen atoms in total. The van der Waals surface area contributed by atoms with Gasteiger partial charge in [-0.05, 0) is 60.7 Å². The molecule has 1 amide bonds. The van der Waals surface area contributed by atoms with Crippen molar-refractivity contribution < 1.29 is 4.79 Å². The summed E-state index contributed by atoms with van der Waals surface area (Å²) in [6.07, 6.45) is 16.8. The molecule has 190 valence electrons. The smallest absolute Gasteiger partial charge is 0.231 e. The zero-order valence-electron chi connectivity index (χ0n) is 21.7. The largest absolute Gasteiger partial charge is 0.294 e. The number of nitrogens with zero attached hydrogens (tertiary/aromatic N) is 2. The van der Waals surface area contributed by atoms with Gasteiger partial charge < -0.3 is 0 Å². The fourth-order valence-corrected chi connectivity index (χ4v) is 11.2. The summed E-state index contributed by atoms with van der Waals surface area (Å²) in [6, 6.07) is 19.8. The van der Waals surface area contributed by atoms with Gasteiger partial charge >= 0.3 is 0 Å². The van der Waals surface area contributed by atoms with Crippen molar-refractivity contribution in [2.45, 2.75) is 101 Å². The van der Waals surface area contributed by atoms with E-state index in [1.165, 1.54) is 81.8 Å². The molecule has 0 radical (unpaired) electrons. The highest BCUT2D eigenvalue weighted by Gasteiger charge is 2.39. The van der Waals surface area contributed by atoms with Crippen LogP contribution < -0.4 is 5.30 Å². The molecular weight excluding hydrogens is 459 g/mol. The zero-order valence-corrected chi connectivity index (χ0v) is 22.5. The maximum Gasteiger partial charge on any atom is 0.231 e. The molecule has 0 aromatic heterocycles. The van der Waals surface area contributed by atoms with Crippen LogP contribution in [0.25, 0.3) is 0 Å². The van der Waals surface area contributed by atoms with Crippen LogP contribution in [0, 0.1) is 5.92 Å². The minimum absolute atomic E-state index is 0.0333. The summed E-state index contributed by atoms with van der Waals surface area (Å²) >= 11 is 0. The van der Waals surface area contributed by atoms with Gasteiger partial charge in [-0.3, -0.25) is 14.7 Å². The van der Waals surface area contributed by atoms with Crippen molar-refractivity contribution in [1.82, 2.24) is 4.90 Å². The molecule has 1 unspecified atom stereocenters. The quantitative estimate of drug-likeness (QED) is 0.376. The molecule has 2 aromatic carbocycles. The molecule has 1 aliphatic heterocycles. The summed E-state index contributed by atoms with van der Waals surface area (Å²) < 4.78 is 0. The summed E-state index contributed by atoms with van der Waals surface area (Å²) in [7, 11) is -0.235. The van der Waals surface area contributed by atoms with E-state index in [-0.39, 0.29) is 19.9 Å². The van der Waals surface area contributed by atoms with E-state index in [9.17, 15) is 4.79 Å². The highest BCUT2D eigenvalue weighted by molar-refractivity contribution is 7.67. The van der Waals surface area contributed by atoms with Crippen molar-refractivity contribution in [3.8, 4) is 0 Å². The van der Waals surface area contributed by atoms with Gasteiger partial charge in [0.25, 0.3) is 0 Å². The first kappa shape index (κ1) is 24.4. The maximum atomic E-state index is 14.0. The molecule has 0 N–H and O–H groups in total. The second kappa shape index (κ2) is 11.2. The Balaban J connectivity index is 1.40. The van der Waals surface area contributed by atoms with Gasteiger partial charge in [-0.15, -0.1) is 0 Å². The van der Waals surface area contributed by atoms with Crippen molar-refractivity contribution in [1.29, 1.82) is 0 Å². The third-order valence-electron chi connectivity index (χ3n) is 9.15. The monoisotopic (exact) mass is 500 g/mol. The minimum atomic E-state index is -0.235. The molecule has 4 heteroatoms. The molecule has 3 fully saturated rings. The van der Waals surface area contributed by atoms with Crippen molar-refractivity contribution in [2.24, 2.45) is 10.9 Å². The molecule has 1 atom stereocenters. The third-order valence-corrected chi connectivity index (χ3v) is 12.7. The lowest BCUT2D eigenvalue weighted by Gasteiger charge is -2.33. The van der Waals surface area contributed by atoms with Gasteiger partial charge in [0, 0.05) is 11.5 Å². The fraction of sp³-hybridized carbons (Fsp3) is 0.562. The molecule has 3 saturated carbocycles. The highest BCUT2D eigenvalue weighted by atomic mass is 31.1. The molecule has 0 saturated heterocycles. The number of carbonyl (C=O) groups excluding carboxylic acids is 1. The molecule has 4 aliphatic rings. The van der Waals surface area contributed by atoms with Crippen LogP contribution in [0.15, 0.2) is 59.6 Å². The van der Waals surface area contributed by atoms with Crippen molar-refractivity contribution in [3.05, 3.63) is 65.7 Å². The average Bonchev–Trinajstić information content (AvgIpc) is 3.73. The number of aliphatic imine (C=N–C) groups is 1. The van der Waals surface area contributed by atoms with E-state index in [2.05, 4.69) is 59.5 Å². The van der Waals surface area contributed by atoms with E-state index >= 15 is 0 Å². The summed E-state index contributed by atoms with van der Waals surface area (Å²) in [6.45, 7) is 0.688. The van der Waals surface area contributed by atoms with Crippen molar-refractivity contribution in [3.63, 3.8) is 0 Å². The number of amides is 1. The van der Waals surface area contributed by atoms with E-state index in [1.54, 1.807) is 5.30 Å². The van der Waals surface area contributed by atoms with E-state index in [1.807, 2.05) is 0 Å². The number of rotatable bonds is 6. The molecule has 6 rings (SSSR count). The Morgan fingerprint density at radius 2 is 1.31 bits per heavy atom. The summed E-state index contributed by atoms with van der Waals surface area (Å²) in [5.41, 5.74) is 4.18. The van der Waals surface area contributed by atoms with Gasteiger partial charge in [0.15, 0.2) is 0 Å². The number of benzene rings is 2. The predicted molar refractivity (Wildman–Crippen MR) is 152 cm³/mol. The zero-order chi connectivity index (χ0) is 24.3. The molecule has 3 aliphatic carbocycles. The second-order valence-corrected chi connectivity index (χ2v) is 14.2. The molecular formula is C32H41N2OP. The molecule has 2 aromatic rings. The fourth-order valence-electron chi connectivity index (χ4n) is 7.30. The minimum Gasteiger partial charge on any atom is -0.294 e. The second-order valence-electron chi connectivity index (χ2n) is 11.5. The molecule has 0 spiro atoms. The summed E-state index contributed by atoms with van der Waals surface area (Å²) in [5, 5.41) is 1.54. The van der Waals surface area contributed by atoms with Crippen molar-refractivity contribution >= 4 is 25.0 Å². The van der Waals surface area contributed by atoms with E-state index in [0.717, 1.165) is 30.0 Å². The topological polar surface area (TPSA) is 32.7 Å². The predicted octanol–water partition coefficient (Wildman–Crippen LogP) is 7.59. The lowest BCUT2D eigenvalue weighted by atomic mass is 9.88. The van der Waals surface area contributed by atoms with Gasteiger partial charge in [0.2, 0.25) is 5.91 Å². The molecule has 0 bridgehead atoms. The first-order valence-electron chi connectivity index (χ1n) is 14.6. The third kappa shape index (κ3) is 4.93. The van der Waals surface area contributed by atoms with Crippen LogP contribution in [0.3, 0.4) is 0 Å². The van der Waals surface area contributed by atoms with Gasteiger partial charge in [0.05, 0.1) is 12.6 Å². The SMILES string of the molecule is O=C(C1CCCCC1)N1CC(c2ccccc2)N=C1c1ccccc1P(C1CCCC1)C1CCCC1. The Kier molecular flexibility index (Phi) is 7.56. The Hall–Kier alpha value is -1.99. The van der Waals surface area contributed by atoms with Gasteiger partial charge in [-0.2, -0.15) is 0 Å². The van der Waals surface area contributed by atoms with Gasteiger partial charge in [0.1, 0.15) is 5.84 Å². The maximum absolute atomic E-state index is 14.0. The summed E-state index contributed by atoms with van der Waals surface area (Å²) in [5.74, 6) is 1.46. The van der Waals surface area contributed by atoms with Crippen LogP contribution in [0.2, 0.25) is 0 Å². The average molecular weight is 501 g/mol. The van der Waals surface area contributed by atoms with Crippen LogP contribution >= 0.6 is 7.92 Å². The summed E-state index contributed by atoms with van der Waals surface area (Å²) in [4.78, 5) is 21.5. The lowest BCUT2D eigenvalue weighted by molar-refractivity contribution is -0.132. The number of hydrogen-bond donors (Lipinski definition) is 0. The normalized spacial score (nSPS) is 24.1. The van der Waals surface area contributed by atoms with E-state index in [0.29, 0.717) is 12.5 Å². The van der Waals surface area contributed by atoms with Crippen molar-refractivity contribution in [2.75, 3.05) is 6.54 Å². The lowest BCUT2D eigenvalue weighted by Crippen LogP contribution is -2.41. The van der Waals surface area contributed by atoms with Crippen LogP contribution in [0.4, 0.5) is 0 Å². The Bertz CT molecular complexity index is 1050. The standard InChI is InChI=1S/C32H41N2OP/c35-32(25-15-5-2-6-16-25)34-23-29(24-13-3-1-4-14-24)33-31(34)28-21-11-12-22-30(28)36(26-17-7-8-18-26)27-19-9-10-20-27/h1,3-4,11-14,21-22,25-27,29H,2,5-10,15-20,23H2. The first-order valence-corrected chi connectivity index (χ1v) is 16.1. The van der Waals surface area contributed by atoms with E-state index < -0.39 is 0 Å². The Labute approximate surface area is 218 Å². The Morgan fingerprint density at radius 3 is 1.97 bits per heavy atom. The van der Waals surface area contributed by atoms with Crippen LogP contribution in [0.5, 0.6) is 0 Å². The first-order chi connectivity index (χ1) is 17.8.